The van der Waals surface area contributed by atoms with Gasteiger partial charge in [0.15, 0.2) is 0 Å². The number of nitrogens with zero attached hydrogens (tertiary/aromatic N) is 1. The Morgan fingerprint density at radius 1 is 0.711 bits per heavy atom. The van der Waals surface area contributed by atoms with E-state index < -0.39 is 21.6 Å². The first-order valence-corrected chi connectivity index (χ1v) is 16.1. The fraction of sp³-hybridized carbons (Fsp3) is 0.270. The summed E-state index contributed by atoms with van der Waals surface area (Å²) < 4.78 is 5.85. The summed E-state index contributed by atoms with van der Waals surface area (Å²) in [7, 11) is 0. The molecule has 0 aromatic heterocycles. The molecule has 0 spiro atoms. The first-order chi connectivity index (χ1) is 21.7. The van der Waals surface area contributed by atoms with Crippen LogP contribution in [0.15, 0.2) is 97.1 Å². The molecule has 1 N–H and O–H groups in total. The third kappa shape index (κ3) is 4.74. The van der Waals surface area contributed by atoms with Crippen molar-refractivity contribution in [2.75, 3.05) is 11.9 Å². The van der Waals surface area contributed by atoms with E-state index in [1.54, 1.807) is 0 Å². The standard InChI is InChI=1S/C37H32Cl2N2O4/c1-23-14-18-25(19-15-23)45-26-20-16-24(17-21-26)40-31(42)13-3-2-8-22-41-34(43)32-33(35(41)44)37(39)28-10-5-4-9-27(28)36(32,38)29-11-6-7-12-30(29)37/h4-7,9-12,14-21,32-33H,2-3,8,13,22H2,1H3,(H,40,42)/t32-,33+,36?,37?. The van der Waals surface area contributed by atoms with E-state index in [2.05, 4.69) is 5.32 Å². The van der Waals surface area contributed by atoms with Crippen molar-refractivity contribution in [3.05, 3.63) is 125 Å². The number of amides is 3. The van der Waals surface area contributed by atoms with E-state index >= 15 is 0 Å². The molecule has 0 saturated carbocycles. The topological polar surface area (TPSA) is 75.7 Å². The number of carbonyl (C=O) groups is 3. The van der Waals surface area contributed by atoms with Crippen LogP contribution >= 0.6 is 23.2 Å². The van der Waals surface area contributed by atoms with Crippen LogP contribution < -0.4 is 10.1 Å². The number of likely N-dealkylation sites (tertiary alicyclic amines) is 1. The van der Waals surface area contributed by atoms with E-state index in [1.807, 2.05) is 104 Å². The lowest BCUT2D eigenvalue weighted by molar-refractivity contribution is -0.140. The van der Waals surface area contributed by atoms with Crippen LogP contribution in [0.1, 0.15) is 53.5 Å². The van der Waals surface area contributed by atoms with Crippen LogP contribution in [-0.4, -0.2) is 29.2 Å². The molecule has 1 aliphatic heterocycles. The average Bonchev–Trinajstić information content (AvgIpc) is 3.31. The Hall–Kier alpha value is -4.13. The average molecular weight is 640 g/mol. The number of benzene rings is 4. The Bertz CT molecular complexity index is 1680. The minimum atomic E-state index is -1.17. The Morgan fingerprint density at radius 3 is 1.67 bits per heavy atom. The molecule has 0 unspecified atom stereocenters. The molecule has 2 atom stereocenters. The smallest absolute Gasteiger partial charge is 0.235 e. The monoisotopic (exact) mass is 638 g/mol. The van der Waals surface area contributed by atoms with E-state index in [0.29, 0.717) is 37.1 Å². The maximum atomic E-state index is 13.9. The van der Waals surface area contributed by atoms with E-state index in [1.165, 1.54) is 4.90 Å². The van der Waals surface area contributed by atoms with Gasteiger partial charge in [0.25, 0.3) is 0 Å². The molecule has 1 fully saturated rings. The van der Waals surface area contributed by atoms with E-state index in [9.17, 15) is 14.4 Å². The molecular weight excluding hydrogens is 607 g/mol. The number of anilines is 1. The number of alkyl halides is 2. The van der Waals surface area contributed by atoms with Crippen LogP contribution in [0, 0.1) is 18.8 Å². The van der Waals surface area contributed by atoms with E-state index in [0.717, 1.165) is 33.6 Å². The van der Waals surface area contributed by atoms with Crippen molar-refractivity contribution in [3.8, 4) is 11.5 Å². The maximum absolute atomic E-state index is 13.9. The molecule has 1 saturated heterocycles. The molecule has 8 rings (SSSR count). The quantitative estimate of drug-likeness (QED) is 0.115. The van der Waals surface area contributed by atoms with Gasteiger partial charge in [0.2, 0.25) is 17.7 Å². The third-order valence-corrected chi connectivity index (χ3v) is 10.6. The van der Waals surface area contributed by atoms with Crippen LogP contribution in [0.4, 0.5) is 5.69 Å². The second kappa shape index (κ2) is 11.3. The van der Waals surface area contributed by atoms with Crippen LogP contribution in [0.25, 0.3) is 0 Å². The molecule has 1 heterocycles. The Balaban J connectivity index is 0.952. The van der Waals surface area contributed by atoms with Gasteiger partial charge in [0.05, 0.1) is 11.8 Å². The number of unbranched alkanes of at least 4 members (excludes halogenated alkanes) is 2. The molecule has 4 aromatic rings. The van der Waals surface area contributed by atoms with Gasteiger partial charge < -0.3 is 10.1 Å². The number of imide groups is 1. The van der Waals surface area contributed by atoms with Crippen molar-refractivity contribution < 1.29 is 19.1 Å². The fourth-order valence-electron chi connectivity index (χ4n) is 7.25. The number of aryl methyl sites for hydroxylation is 1. The summed E-state index contributed by atoms with van der Waals surface area (Å²) >= 11 is 14.9. The number of halogens is 2. The van der Waals surface area contributed by atoms with Gasteiger partial charge in [0, 0.05) is 18.7 Å². The van der Waals surface area contributed by atoms with Gasteiger partial charge in [0.1, 0.15) is 21.2 Å². The number of hydrogen-bond acceptors (Lipinski definition) is 4. The largest absolute Gasteiger partial charge is 0.457 e. The Labute approximate surface area is 272 Å². The summed E-state index contributed by atoms with van der Waals surface area (Å²) in [4.78, 5) is 39.4. The minimum Gasteiger partial charge on any atom is -0.457 e. The molecule has 228 valence electrons. The molecule has 3 amide bonds. The summed E-state index contributed by atoms with van der Waals surface area (Å²) in [5.74, 6) is -0.782. The van der Waals surface area contributed by atoms with E-state index in [4.69, 9.17) is 27.9 Å². The van der Waals surface area contributed by atoms with E-state index in [-0.39, 0.29) is 24.3 Å². The third-order valence-electron chi connectivity index (χ3n) is 9.36. The first kappa shape index (κ1) is 29.6. The number of hydrogen-bond donors (Lipinski definition) is 1. The molecule has 4 aromatic carbocycles. The highest BCUT2D eigenvalue weighted by Crippen LogP contribution is 2.69. The fourth-order valence-corrected chi connectivity index (χ4v) is 8.35. The van der Waals surface area contributed by atoms with Crippen LogP contribution in [0.2, 0.25) is 0 Å². The zero-order valence-electron chi connectivity index (χ0n) is 24.8. The van der Waals surface area contributed by atoms with Gasteiger partial charge in [-0.3, -0.25) is 19.3 Å². The Morgan fingerprint density at radius 2 is 1.18 bits per heavy atom. The van der Waals surface area contributed by atoms with Crippen molar-refractivity contribution in [2.24, 2.45) is 11.8 Å². The highest BCUT2D eigenvalue weighted by Gasteiger charge is 2.72. The molecule has 8 heteroatoms. The van der Waals surface area contributed by atoms with Gasteiger partial charge in [-0.25, -0.2) is 0 Å². The second-order valence-corrected chi connectivity index (χ2v) is 13.3. The SMILES string of the molecule is Cc1ccc(Oc2ccc(NC(=O)CCCCCN3C(=O)[C@@H]4[C@H](C3=O)C3(Cl)c5ccccc5C4(Cl)c4ccccc43)cc2)cc1. The lowest BCUT2D eigenvalue weighted by Crippen LogP contribution is -2.57. The van der Waals surface area contributed by atoms with Gasteiger partial charge in [-0.2, -0.15) is 0 Å². The molecule has 6 nitrogen and oxygen atoms in total. The highest BCUT2D eigenvalue weighted by molar-refractivity contribution is 6.36. The summed E-state index contributed by atoms with van der Waals surface area (Å²) in [6, 6.07) is 30.3. The van der Waals surface area contributed by atoms with Crippen LogP contribution in [0.3, 0.4) is 0 Å². The maximum Gasteiger partial charge on any atom is 0.235 e. The summed E-state index contributed by atoms with van der Waals surface area (Å²) in [6.07, 6.45) is 2.22. The van der Waals surface area contributed by atoms with Crippen molar-refractivity contribution in [1.29, 1.82) is 0 Å². The predicted octanol–water partition coefficient (Wildman–Crippen LogP) is 7.88. The molecule has 0 radical (unpaired) electrons. The van der Waals surface area contributed by atoms with Crippen molar-refractivity contribution in [1.82, 2.24) is 4.90 Å². The van der Waals surface area contributed by atoms with Gasteiger partial charge >= 0.3 is 0 Å². The first-order valence-electron chi connectivity index (χ1n) is 15.3. The molecular formula is C37H32Cl2N2O4. The lowest BCUT2D eigenvalue weighted by Gasteiger charge is -2.54. The van der Waals surface area contributed by atoms with Crippen molar-refractivity contribution in [3.63, 3.8) is 0 Å². The van der Waals surface area contributed by atoms with Crippen LogP contribution in [-0.2, 0) is 24.1 Å². The van der Waals surface area contributed by atoms with Crippen LogP contribution in [0.5, 0.6) is 11.5 Å². The number of ether oxygens (including phenoxy) is 1. The number of carbonyl (C=O) groups excluding carboxylic acids is 3. The second-order valence-electron chi connectivity index (χ2n) is 12.1. The van der Waals surface area contributed by atoms with Gasteiger partial charge in [-0.1, -0.05) is 72.6 Å². The lowest BCUT2D eigenvalue weighted by atomic mass is 9.54. The summed E-state index contributed by atoms with van der Waals surface area (Å²) in [5.41, 5.74) is 5.03. The summed E-state index contributed by atoms with van der Waals surface area (Å²) in [5, 5.41) is 2.92. The number of rotatable bonds is 9. The number of nitrogens with one attached hydrogen (secondary N) is 1. The van der Waals surface area contributed by atoms with Gasteiger partial charge in [-0.05, 0) is 78.4 Å². The molecule has 3 aliphatic carbocycles. The molecule has 4 aliphatic rings. The molecule has 45 heavy (non-hydrogen) atoms. The molecule has 2 bridgehead atoms. The normalized spacial score (nSPS) is 24.2. The zero-order valence-corrected chi connectivity index (χ0v) is 26.3. The summed E-state index contributed by atoms with van der Waals surface area (Å²) in [6.45, 7) is 2.29. The highest BCUT2D eigenvalue weighted by atomic mass is 35.5. The van der Waals surface area contributed by atoms with Crippen molar-refractivity contribution >= 4 is 46.6 Å². The Kier molecular flexibility index (Phi) is 7.46. The zero-order chi connectivity index (χ0) is 31.3. The predicted molar refractivity (Wildman–Crippen MR) is 175 cm³/mol. The minimum absolute atomic E-state index is 0.0955. The van der Waals surface area contributed by atoms with Crippen molar-refractivity contribution in [2.45, 2.75) is 42.4 Å². The van der Waals surface area contributed by atoms with Gasteiger partial charge in [-0.15, -0.1) is 23.2 Å².